The lowest BCUT2D eigenvalue weighted by molar-refractivity contribution is -0.126. The zero-order chi connectivity index (χ0) is 15.8. The van der Waals surface area contributed by atoms with Crippen molar-refractivity contribution in [2.75, 3.05) is 18.8 Å². The van der Waals surface area contributed by atoms with Crippen molar-refractivity contribution in [3.8, 4) is 0 Å². The number of hydrogen-bond acceptors (Lipinski definition) is 4. The average Bonchev–Trinajstić information content (AvgIpc) is 2.83. The van der Waals surface area contributed by atoms with E-state index >= 15 is 0 Å². The second kappa shape index (κ2) is 5.31. The molecule has 1 heterocycles. The molecule has 1 atom stereocenters. The van der Waals surface area contributed by atoms with Crippen molar-refractivity contribution in [2.24, 2.45) is 11.1 Å². The summed E-state index contributed by atoms with van der Waals surface area (Å²) in [6.45, 7) is 4.05. The van der Waals surface area contributed by atoms with Crippen molar-refractivity contribution in [3.63, 3.8) is 0 Å². The number of nitrogens with zero attached hydrogens (tertiary/aromatic N) is 1. The van der Waals surface area contributed by atoms with E-state index in [2.05, 4.69) is 0 Å². The molecule has 4 N–H and O–H groups in total. The van der Waals surface area contributed by atoms with Gasteiger partial charge in [-0.05, 0) is 37.5 Å². The van der Waals surface area contributed by atoms with Gasteiger partial charge in [0, 0.05) is 18.8 Å². The molecule has 7 heteroatoms. The maximum atomic E-state index is 12.6. The Morgan fingerprint density at radius 1 is 1.43 bits per heavy atom. The van der Waals surface area contributed by atoms with E-state index in [9.17, 15) is 13.2 Å². The Balaban J connectivity index is 2.32. The van der Waals surface area contributed by atoms with Gasteiger partial charge >= 0.3 is 0 Å². The molecule has 0 aromatic heterocycles. The van der Waals surface area contributed by atoms with Crippen LogP contribution < -0.4 is 11.5 Å². The maximum absolute atomic E-state index is 12.6. The number of carbonyl (C=O) groups excluding carboxylic acids is 1. The van der Waals surface area contributed by atoms with Gasteiger partial charge in [0.2, 0.25) is 15.9 Å². The van der Waals surface area contributed by atoms with Crippen molar-refractivity contribution in [3.05, 3.63) is 23.8 Å². The van der Waals surface area contributed by atoms with Gasteiger partial charge in [0.1, 0.15) is 0 Å². The van der Waals surface area contributed by atoms with Crippen molar-refractivity contribution < 1.29 is 13.2 Å². The largest absolute Gasteiger partial charge is 0.398 e. The van der Waals surface area contributed by atoms with Crippen LogP contribution in [0, 0.1) is 5.41 Å². The SMILES string of the molecule is CCc1ccc(S(=O)(=O)N2CCC(C)(C(N)=O)C2)cc1N. The Hall–Kier alpha value is -1.60. The molecule has 1 aliphatic rings. The normalized spacial score (nSPS) is 23.3. The predicted octanol–water partition coefficient (Wildman–Crippen LogP) is 0.717. The average molecular weight is 311 g/mol. The lowest BCUT2D eigenvalue weighted by Crippen LogP contribution is -2.38. The van der Waals surface area contributed by atoms with Crippen LogP contribution in [0.5, 0.6) is 0 Å². The molecule has 21 heavy (non-hydrogen) atoms. The molecule has 0 bridgehead atoms. The fraction of sp³-hybridized carbons (Fsp3) is 0.500. The van der Waals surface area contributed by atoms with E-state index in [0.29, 0.717) is 12.1 Å². The molecule has 1 fully saturated rings. The van der Waals surface area contributed by atoms with E-state index in [1.165, 1.54) is 10.4 Å². The molecule has 1 amide bonds. The quantitative estimate of drug-likeness (QED) is 0.799. The summed E-state index contributed by atoms with van der Waals surface area (Å²) >= 11 is 0. The highest BCUT2D eigenvalue weighted by Gasteiger charge is 2.43. The van der Waals surface area contributed by atoms with E-state index < -0.39 is 21.3 Å². The minimum absolute atomic E-state index is 0.111. The number of nitrogens with two attached hydrogens (primary N) is 2. The summed E-state index contributed by atoms with van der Waals surface area (Å²) in [6, 6.07) is 4.77. The zero-order valence-electron chi connectivity index (χ0n) is 12.3. The number of carbonyl (C=O) groups is 1. The molecular weight excluding hydrogens is 290 g/mol. The van der Waals surface area contributed by atoms with Crippen LogP contribution >= 0.6 is 0 Å². The number of amides is 1. The summed E-state index contributed by atoms with van der Waals surface area (Å²) in [5, 5.41) is 0. The smallest absolute Gasteiger partial charge is 0.243 e. The summed E-state index contributed by atoms with van der Waals surface area (Å²) in [7, 11) is -3.65. The number of anilines is 1. The number of primary amides is 1. The van der Waals surface area contributed by atoms with Gasteiger partial charge in [0.15, 0.2) is 0 Å². The van der Waals surface area contributed by atoms with Gasteiger partial charge in [-0.15, -0.1) is 0 Å². The molecule has 1 aliphatic heterocycles. The summed E-state index contributed by atoms with van der Waals surface area (Å²) in [5.74, 6) is -0.471. The minimum atomic E-state index is -3.65. The van der Waals surface area contributed by atoms with Crippen LogP contribution in [0.2, 0.25) is 0 Å². The Morgan fingerprint density at radius 2 is 2.10 bits per heavy atom. The number of rotatable bonds is 4. The van der Waals surface area contributed by atoms with Crippen LogP contribution in [0.15, 0.2) is 23.1 Å². The summed E-state index contributed by atoms with van der Waals surface area (Å²) < 4.78 is 26.5. The van der Waals surface area contributed by atoms with E-state index in [4.69, 9.17) is 11.5 Å². The molecule has 0 spiro atoms. The second-order valence-electron chi connectivity index (χ2n) is 5.73. The summed E-state index contributed by atoms with van der Waals surface area (Å²) in [4.78, 5) is 11.6. The third-order valence-electron chi connectivity index (χ3n) is 4.17. The highest BCUT2D eigenvalue weighted by molar-refractivity contribution is 7.89. The molecule has 116 valence electrons. The lowest BCUT2D eigenvalue weighted by Gasteiger charge is -2.21. The molecule has 0 saturated carbocycles. The molecule has 6 nitrogen and oxygen atoms in total. The Labute approximate surface area is 125 Å². The number of benzene rings is 1. The van der Waals surface area contributed by atoms with E-state index in [-0.39, 0.29) is 18.0 Å². The summed E-state index contributed by atoms with van der Waals surface area (Å²) in [6.07, 6.45) is 1.18. The zero-order valence-corrected chi connectivity index (χ0v) is 13.1. The Bertz CT molecular complexity index is 672. The molecule has 1 aromatic rings. The van der Waals surface area contributed by atoms with E-state index in [0.717, 1.165) is 12.0 Å². The number of nitrogen functional groups attached to an aromatic ring is 1. The number of aryl methyl sites for hydroxylation is 1. The number of hydrogen-bond donors (Lipinski definition) is 2. The number of sulfonamides is 1. The second-order valence-corrected chi connectivity index (χ2v) is 7.67. The fourth-order valence-electron chi connectivity index (χ4n) is 2.53. The Morgan fingerprint density at radius 3 is 2.57 bits per heavy atom. The predicted molar refractivity (Wildman–Crippen MR) is 80.9 cm³/mol. The van der Waals surface area contributed by atoms with Crippen LogP contribution in [0.1, 0.15) is 25.8 Å². The standard InChI is InChI=1S/C14H21N3O3S/c1-3-10-4-5-11(8-12(10)15)21(19,20)17-7-6-14(2,9-17)13(16)18/h4-5,8H,3,6-7,9,15H2,1-2H3,(H2,16,18). The van der Waals surface area contributed by atoms with E-state index in [1.54, 1.807) is 19.1 Å². The molecule has 0 radical (unpaired) electrons. The maximum Gasteiger partial charge on any atom is 0.243 e. The molecule has 2 rings (SSSR count). The van der Waals surface area contributed by atoms with Gasteiger partial charge in [-0.1, -0.05) is 13.0 Å². The molecular formula is C14H21N3O3S. The van der Waals surface area contributed by atoms with Gasteiger partial charge in [0.05, 0.1) is 10.3 Å². The van der Waals surface area contributed by atoms with E-state index in [1.807, 2.05) is 6.92 Å². The molecule has 1 unspecified atom stereocenters. The Kier molecular flexibility index (Phi) is 3.99. The van der Waals surface area contributed by atoms with Crippen molar-refractivity contribution in [2.45, 2.75) is 31.6 Å². The third-order valence-corrected chi connectivity index (χ3v) is 6.01. The molecule has 1 saturated heterocycles. The first-order valence-corrected chi connectivity index (χ1v) is 8.33. The lowest BCUT2D eigenvalue weighted by atomic mass is 9.89. The molecule has 1 aromatic carbocycles. The minimum Gasteiger partial charge on any atom is -0.398 e. The monoisotopic (exact) mass is 311 g/mol. The van der Waals surface area contributed by atoms with Crippen LogP contribution in [0.4, 0.5) is 5.69 Å². The van der Waals surface area contributed by atoms with Crippen LogP contribution in [0.25, 0.3) is 0 Å². The van der Waals surface area contributed by atoms with Crippen molar-refractivity contribution in [1.82, 2.24) is 4.31 Å². The fourth-order valence-corrected chi connectivity index (χ4v) is 4.13. The first-order valence-electron chi connectivity index (χ1n) is 6.89. The first-order chi connectivity index (χ1) is 9.70. The molecule has 0 aliphatic carbocycles. The highest BCUT2D eigenvalue weighted by Crippen LogP contribution is 2.33. The van der Waals surface area contributed by atoms with Crippen LogP contribution in [-0.4, -0.2) is 31.7 Å². The van der Waals surface area contributed by atoms with Gasteiger partial charge in [-0.2, -0.15) is 4.31 Å². The van der Waals surface area contributed by atoms with Gasteiger partial charge in [0.25, 0.3) is 0 Å². The van der Waals surface area contributed by atoms with Gasteiger partial charge < -0.3 is 11.5 Å². The highest BCUT2D eigenvalue weighted by atomic mass is 32.2. The first kappa shape index (κ1) is 15.8. The third kappa shape index (κ3) is 2.75. The topological polar surface area (TPSA) is 106 Å². The summed E-state index contributed by atoms with van der Waals surface area (Å²) in [5.41, 5.74) is 11.8. The van der Waals surface area contributed by atoms with Crippen molar-refractivity contribution in [1.29, 1.82) is 0 Å². The van der Waals surface area contributed by atoms with Gasteiger partial charge in [-0.3, -0.25) is 4.79 Å². The van der Waals surface area contributed by atoms with Crippen LogP contribution in [-0.2, 0) is 21.2 Å². The van der Waals surface area contributed by atoms with Crippen molar-refractivity contribution >= 4 is 21.6 Å². The van der Waals surface area contributed by atoms with Gasteiger partial charge in [-0.25, -0.2) is 8.42 Å². The van der Waals surface area contributed by atoms with Crippen LogP contribution in [0.3, 0.4) is 0 Å².